The molecule has 0 fully saturated rings. The monoisotopic (exact) mass is 161 g/mol. The normalized spacial score (nSPS) is 11.2. The Morgan fingerprint density at radius 3 is 2.27 bits per heavy atom. The van der Waals surface area contributed by atoms with Crippen molar-refractivity contribution in [3.05, 3.63) is 0 Å². The highest BCUT2D eigenvalue weighted by Crippen LogP contribution is 2.05. The minimum absolute atomic E-state index is 0.193. The molecule has 0 atom stereocenters. The first-order valence-electron chi connectivity index (χ1n) is 3.48. The van der Waals surface area contributed by atoms with Gasteiger partial charge in [0.25, 0.3) is 0 Å². The van der Waals surface area contributed by atoms with Crippen LogP contribution in [0.15, 0.2) is 0 Å². The first kappa shape index (κ1) is 10.2. The lowest BCUT2D eigenvalue weighted by Gasteiger charge is -2.18. The van der Waals surface area contributed by atoms with Gasteiger partial charge in [0, 0.05) is 0 Å². The zero-order chi connectivity index (χ0) is 8.91. The maximum atomic E-state index is 10.1. The Kier molecular flexibility index (Phi) is 3.89. The standard InChI is InChI=1S/C7H15NO3/c1-7(2,3)11-5-4-10-6(8)9/h4-5H2,1-3H3,(H2,8,9). The van der Waals surface area contributed by atoms with Gasteiger partial charge in [0.15, 0.2) is 0 Å². The second-order valence-electron chi connectivity index (χ2n) is 3.13. The van der Waals surface area contributed by atoms with E-state index in [1.54, 1.807) is 0 Å². The van der Waals surface area contributed by atoms with Gasteiger partial charge in [-0.15, -0.1) is 0 Å². The van der Waals surface area contributed by atoms with E-state index in [1.165, 1.54) is 0 Å². The average Bonchev–Trinajstić information content (AvgIpc) is 1.78. The summed E-state index contributed by atoms with van der Waals surface area (Å²) in [6, 6.07) is 0. The topological polar surface area (TPSA) is 61.6 Å². The van der Waals surface area contributed by atoms with Crippen molar-refractivity contribution in [2.24, 2.45) is 5.73 Å². The van der Waals surface area contributed by atoms with Crippen LogP contribution in [0.25, 0.3) is 0 Å². The summed E-state index contributed by atoms with van der Waals surface area (Å²) in [5.74, 6) is 0. The van der Waals surface area contributed by atoms with Crippen LogP contribution in [-0.4, -0.2) is 24.9 Å². The maximum Gasteiger partial charge on any atom is 0.404 e. The molecule has 0 spiro atoms. The molecule has 0 aliphatic rings. The van der Waals surface area contributed by atoms with Gasteiger partial charge in [0.05, 0.1) is 12.2 Å². The molecule has 0 saturated carbocycles. The number of carbonyl (C=O) groups excluding carboxylic acids is 1. The van der Waals surface area contributed by atoms with Gasteiger partial charge in [-0.05, 0) is 20.8 Å². The predicted octanol–water partition coefficient (Wildman–Crippen LogP) is 0.897. The van der Waals surface area contributed by atoms with Gasteiger partial charge in [0.2, 0.25) is 0 Å². The van der Waals surface area contributed by atoms with Crippen molar-refractivity contribution in [3.63, 3.8) is 0 Å². The lowest BCUT2D eigenvalue weighted by molar-refractivity contribution is -0.0222. The molecule has 0 bridgehead atoms. The Morgan fingerprint density at radius 1 is 1.36 bits per heavy atom. The molecule has 11 heavy (non-hydrogen) atoms. The Balaban J connectivity index is 3.22. The van der Waals surface area contributed by atoms with Gasteiger partial charge in [-0.2, -0.15) is 0 Å². The summed E-state index contributed by atoms with van der Waals surface area (Å²) in [7, 11) is 0. The molecule has 0 saturated heterocycles. The lowest BCUT2D eigenvalue weighted by Crippen LogP contribution is -2.23. The third kappa shape index (κ3) is 9.23. The summed E-state index contributed by atoms with van der Waals surface area (Å²) in [5.41, 5.74) is 4.53. The Hall–Kier alpha value is -0.770. The van der Waals surface area contributed by atoms with Crippen molar-refractivity contribution in [1.29, 1.82) is 0 Å². The zero-order valence-electron chi connectivity index (χ0n) is 7.22. The first-order valence-corrected chi connectivity index (χ1v) is 3.48. The zero-order valence-corrected chi connectivity index (χ0v) is 7.22. The Morgan fingerprint density at radius 2 is 1.91 bits per heavy atom. The largest absolute Gasteiger partial charge is 0.447 e. The van der Waals surface area contributed by atoms with Crippen LogP contribution >= 0.6 is 0 Å². The molecule has 66 valence electrons. The molecule has 0 rings (SSSR count). The van der Waals surface area contributed by atoms with Crippen LogP contribution in [0.5, 0.6) is 0 Å². The highest BCUT2D eigenvalue weighted by molar-refractivity contribution is 5.64. The number of primary amides is 1. The third-order valence-electron chi connectivity index (χ3n) is 0.863. The molecule has 0 aliphatic heterocycles. The third-order valence-corrected chi connectivity index (χ3v) is 0.863. The molecule has 0 aromatic rings. The van der Waals surface area contributed by atoms with Gasteiger partial charge in [-0.3, -0.25) is 0 Å². The Bertz CT molecular complexity index is 128. The average molecular weight is 161 g/mol. The van der Waals surface area contributed by atoms with Crippen LogP contribution in [0.4, 0.5) is 4.79 Å². The van der Waals surface area contributed by atoms with Gasteiger partial charge in [-0.25, -0.2) is 4.79 Å². The highest BCUT2D eigenvalue weighted by atomic mass is 16.6. The van der Waals surface area contributed by atoms with Crippen molar-refractivity contribution in [2.75, 3.05) is 13.2 Å². The van der Waals surface area contributed by atoms with Crippen LogP contribution in [0, 0.1) is 0 Å². The number of carbonyl (C=O) groups is 1. The van der Waals surface area contributed by atoms with E-state index in [4.69, 9.17) is 10.5 Å². The second-order valence-corrected chi connectivity index (χ2v) is 3.13. The number of hydrogen-bond donors (Lipinski definition) is 1. The molecule has 0 aromatic heterocycles. The molecule has 0 aromatic carbocycles. The van der Waals surface area contributed by atoms with Crippen LogP contribution in [0.1, 0.15) is 20.8 Å². The molecular weight excluding hydrogens is 146 g/mol. The highest BCUT2D eigenvalue weighted by Gasteiger charge is 2.09. The quantitative estimate of drug-likeness (QED) is 0.625. The van der Waals surface area contributed by atoms with Crippen LogP contribution in [0.2, 0.25) is 0 Å². The summed E-state index contributed by atoms with van der Waals surface area (Å²) in [6.07, 6.45) is -0.762. The van der Waals surface area contributed by atoms with Crippen LogP contribution in [-0.2, 0) is 9.47 Å². The number of amides is 1. The van der Waals surface area contributed by atoms with Crippen molar-refractivity contribution < 1.29 is 14.3 Å². The molecule has 4 nitrogen and oxygen atoms in total. The van der Waals surface area contributed by atoms with Crippen LogP contribution < -0.4 is 5.73 Å². The molecule has 4 heteroatoms. The van der Waals surface area contributed by atoms with Crippen molar-refractivity contribution in [2.45, 2.75) is 26.4 Å². The molecule has 0 unspecified atom stereocenters. The fourth-order valence-corrected chi connectivity index (χ4v) is 0.490. The summed E-state index contributed by atoms with van der Waals surface area (Å²) >= 11 is 0. The van der Waals surface area contributed by atoms with E-state index in [1.807, 2.05) is 20.8 Å². The summed E-state index contributed by atoms with van der Waals surface area (Å²) in [6.45, 7) is 6.38. The number of nitrogens with two attached hydrogens (primary N) is 1. The van der Waals surface area contributed by atoms with Gasteiger partial charge >= 0.3 is 6.09 Å². The van der Waals surface area contributed by atoms with Gasteiger partial charge < -0.3 is 15.2 Å². The molecule has 0 heterocycles. The lowest BCUT2D eigenvalue weighted by atomic mass is 10.2. The summed E-state index contributed by atoms with van der Waals surface area (Å²) in [5, 5.41) is 0. The molecule has 2 N–H and O–H groups in total. The van der Waals surface area contributed by atoms with E-state index < -0.39 is 6.09 Å². The molecule has 1 amide bonds. The molecule has 0 aliphatic carbocycles. The summed E-state index contributed by atoms with van der Waals surface area (Å²) in [4.78, 5) is 10.1. The molecular formula is C7H15NO3. The fourth-order valence-electron chi connectivity index (χ4n) is 0.490. The van der Waals surface area contributed by atoms with Gasteiger partial charge in [-0.1, -0.05) is 0 Å². The van der Waals surface area contributed by atoms with Crippen molar-refractivity contribution >= 4 is 6.09 Å². The minimum atomic E-state index is -0.762. The SMILES string of the molecule is CC(C)(C)OCCOC(N)=O. The number of rotatable bonds is 3. The number of hydrogen-bond acceptors (Lipinski definition) is 3. The van der Waals surface area contributed by atoms with E-state index >= 15 is 0 Å². The van der Waals surface area contributed by atoms with E-state index in [-0.39, 0.29) is 12.2 Å². The first-order chi connectivity index (χ1) is 4.92. The minimum Gasteiger partial charge on any atom is -0.447 e. The van der Waals surface area contributed by atoms with Crippen molar-refractivity contribution in [3.8, 4) is 0 Å². The Labute approximate surface area is 66.7 Å². The van der Waals surface area contributed by atoms with Crippen LogP contribution in [0.3, 0.4) is 0 Å². The smallest absolute Gasteiger partial charge is 0.404 e. The van der Waals surface area contributed by atoms with E-state index in [9.17, 15) is 4.79 Å². The van der Waals surface area contributed by atoms with E-state index in [0.717, 1.165) is 0 Å². The molecule has 0 radical (unpaired) electrons. The van der Waals surface area contributed by atoms with Gasteiger partial charge in [0.1, 0.15) is 6.61 Å². The second kappa shape index (κ2) is 4.18. The van der Waals surface area contributed by atoms with E-state index in [0.29, 0.717) is 6.61 Å². The van der Waals surface area contributed by atoms with E-state index in [2.05, 4.69) is 4.74 Å². The fraction of sp³-hybridized carbons (Fsp3) is 0.857. The maximum absolute atomic E-state index is 10.1. The number of ether oxygens (including phenoxy) is 2. The van der Waals surface area contributed by atoms with Crippen molar-refractivity contribution in [1.82, 2.24) is 0 Å². The summed E-state index contributed by atoms with van der Waals surface area (Å²) < 4.78 is 9.70. The predicted molar refractivity (Wildman–Crippen MR) is 41.2 cm³/mol.